The van der Waals surface area contributed by atoms with Crippen LogP contribution in [0.25, 0.3) is 0 Å². The minimum atomic E-state index is -0.420. The molecule has 0 amide bonds. The van der Waals surface area contributed by atoms with Crippen molar-refractivity contribution in [2.45, 2.75) is 31.8 Å². The van der Waals surface area contributed by atoms with Crippen LogP contribution in [0.2, 0.25) is 0 Å². The molecule has 2 nitrogen and oxygen atoms in total. The molecule has 2 rings (SSSR count). The Morgan fingerprint density at radius 2 is 2.19 bits per heavy atom. The van der Waals surface area contributed by atoms with Crippen molar-refractivity contribution in [2.24, 2.45) is 0 Å². The van der Waals surface area contributed by atoms with Crippen LogP contribution in [0, 0.1) is 17.1 Å². The van der Waals surface area contributed by atoms with Gasteiger partial charge in [-0.05, 0) is 42.9 Å². The molecule has 16 heavy (non-hydrogen) atoms. The Balaban J connectivity index is 2.57. The summed E-state index contributed by atoms with van der Waals surface area (Å²) < 4.78 is 18.8. The quantitative estimate of drug-likeness (QED) is 0.781. The molecule has 0 bridgehead atoms. The number of rotatable bonds is 3. The third-order valence-electron chi connectivity index (χ3n) is 3.12. The molecule has 0 aliphatic heterocycles. The second-order valence-electron chi connectivity index (χ2n) is 4.19. The number of nitrogens with zero attached hydrogens (tertiary/aromatic N) is 1. The fraction of sp³-hybridized carbons (Fsp3) is 0.462. The first kappa shape index (κ1) is 11.1. The van der Waals surface area contributed by atoms with Gasteiger partial charge in [0, 0.05) is 7.11 Å². The van der Waals surface area contributed by atoms with E-state index in [0.29, 0.717) is 5.92 Å². The predicted molar refractivity (Wildman–Crippen MR) is 58.5 cm³/mol. The summed E-state index contributed by atoms with van der Waals surface area (Å²) >= 11 is 0. The van der Waals surface area contributed by atoms with Gasteiger partial charge in [0.05, 0.1) is 11.7 Å². The highest BCUT2D eigenvalue weighted by Crippen LogP contribution is 2.45. The monoisotopic (exact) mass is 219 g/mol. The van der Waals surface area contributed by atoms with Crippen molar-refractivity contribution < 1.29 is 9.13 Å². The first-order valence-corrected chi connectivity index (χ1v) is 5.44. The molecular formula is C13H14FNO. The average molecular weight is 219 g/mol. The zero-order valence-corrected chi connectivity index (χ0v) is 9.46. The molecule has 1 aliphatic carbocycles. The fourth-order valence-corrected chi connectivity index (χ4v) is 2.02. The number of benzene rings is 1. The molecule has 3 heteroatoms. The van der Waals surface area contributed by atoms with Crippen LogP contribution in [0.1, 0.15) is 48.5 Å². The topological polar surface area (TPSA) is 33.0 Å². The molecule has 0 heterocycles. The molecular weight excluding hydrogens is 205 g/mol. The Hall–Kier alpha value is -1.40. The molecule has 0 aromatic heterocycles. The Kier molecular flexibility index (Phi) is 2.93. The molecule has 1 aromatic rings. The van der Waals surface area contributed by atoms with E-state index in [2.05, 4.69) is 0 Å². The summed E-state index contributed by atoms with van der Waals surface area (Å²) in [6.07, 6.45) is 1.99. The highest BCUT2D eigenvalue weighted by atomic mass is 19.1. The van der Waals surface area contributed by atoms with Gasteiger partial charge in [-0.25, -0.2) is 4.39 Å². The zero-order chi connectivity index (χ0) is 11.7. The van der Waals surface area contributed by atoms with E-state index in [-0.39, 0.29) is 11.7 Å². The van der Waals surface area contributed by atoms with E-state index in [1.54, 1.807) is 13.2 Å². The maximum atomic E-state index is 13.5. The number of nitriles is 1. The number of ether oxygens (including phenoxy) is 1. The molecule has 1 saturated carbocycles. The standard InChI is InChI=1S/C13H14FNO/c1-8(16-2)10-5-6-12(14)11(7-15)13(10)9-3-4-9/h5-6,8-9H,3-4H2,1-2H3. The highest BCUT2D eigenvalue weighted by Gasteiger charge is 2.31. The van der Waals surface area contributed by atoms with Crippen LogP contribution in [-0.4, -0.2) is 7.11 Å². The van der Waals surface area contributed by atoms with Crippen molar-refractivity contribution >= 4 is 0 Å². The van der Waals surface area contributed by atoms with Gasteiger partial charge >= 0.3 is 0 Å². The second kappa shape index (κ2) is 4.23. The van der Waals surface area contributed by atoms with Crippen molar-refractivity contribution in [1.29, 1.82) is 5.26 Å². The van der Waals surface area contributed by atoms with Gasteiger partial charge in [-0.1, -0.05) is 6.07 Å². The van der Waals surface area contributed by atoms with Gasteiger partial charge in [0.15, 0.2) is 0 Å². The largest absolute Gasteiger partial charge is 0.377 e. The third-order valence-corrected chi connectivity index (χ3v) is 3.12. The van der Waals surface area contributed by atoms with Crippen molar-refractivity contribution in [1.82, 2.24) is 0 Å². The van der Waals surface area contributed by atoms with E-state index in [4.69, 9.17) is 10.00 Å². The van der Waals surface area contributed by atoms with E-state index >= 15 is 0 Å². The molecule has 1 fully saturated rings. The molecule has 0 N–H and O–H groups in total. The number of hydrogen-bond donors (Lipinski definition) is 0. The predicted octanol–water partition coefficient (Wildman–Crippen LogP) is 3.28. The number of methoxy groups -OCH3 is 1. The highest BCUT2D eigenvalue weighted by molar-refractivity contribution is 5.48. The third kappa shape index (κ3) is 1.81. The number of halogens is 1. The summed E-state index contributed by atoms with van der Waals surface area (Å²) in [5.41, 5.74) is 2.00. The molecule has 1 atom stereocenters. The lowest BCUT2D eigenvalue weighted by Gasteiger charge is -2.16. The lowest BCUT2D eigenvalue weighted by Crippen LogP contribution is -2.04. The van der Waals surface area contributed by atoms with Gasteiger partial charge < -0.3 is 4.74 Å². The molecule has 0 radical (unpaired) electrons. The summed E-state index contributed by atoms with van der Waals surface area (Å²) in [6, 6.07) is 5.06. The molecule has 1 aliphatic rings. The Labute approximate surface area is 94.7 Å². The maximum absolute atomic E-state index is 13.5. The van der Waals surface area contributed by atoms with Gasteiger partial charge in [0.1, 0.15) is 11.9 Å². The molecule has 0 saturated heterocycles. The van der Waals surface area contributed by atoms with Crippen LogP contribution < -0.4 is 0 Å². The van der Waals surface area contributed by atoms with Crippen molar-refractivity contribution in [2.75, 3.05) is 7.11 Å². The summed E-state index contributed by atoms with van der Waals surface area (Å²) in [5.74, 6) is -0.0746. The van der Waals surface area contributed by atoms with E-state index in [1.165, 1.54) is 6.07 Å². The van der Waals surface area contributed by atoms with Crippen molar-refractivity contribution in [3.05, 3.63) is 34.6 Å². The molecule has 84 valence electrons. The molecule has 1 unspecified atom stereocenters. The summed E-state index contributed by atoms with van der Waals surface area (Å²) in [7, 11) is 1.62. The van der Waals surface area contributed by atoms with Gasteiger partial charge in [-0.2, -0.15) is 5.26 Å². The number of hydrogen-bond acceptors (Lipinski definition) is 2. The van der Waals surface area contributed by atoms with Gasteiger partial charge in [-0.3, -0.25) is 0 Å². The fourth-order valence-electron chi connectivity index (χ4n) is 2.02. The van der Waals surface area contributed by atoms with Gasteiger partial charge in [-0.15, -0.1) is 0 Å². The summed E-state index contributed by atoms with van der Waals surface area (Å²) in [5, 5.41) is 9.02. The van der Waals surface area contributed by atoms with E-state index in [1.807, 2.05) is 13.0 Å². The summed E-state index contributed by atoms with van der Waals surface area (Å²) in [4.78, 5) is 0. The van der Waals surface area contributed by atoms with Crippen molar-refractivity contribution in [3.63, 3.8) is 0 Å². The van der Waals surface area contributed by atoms with Crippen LogP contribution in [-0.2, 0) is 4.74 Å². The van der Waals surface area contributed by atoms with Gasteiger partial charge in [0.25, 0.3) is 0 Å². The smallest absolute Gasteiger partial charge is 0.141 e. The molecule has 0 spiro atoms. The van der Waals surface area contributed by atoms with Crippen LogP contribution in [0.15, 0.2) is 12.1 Å². The lowest BCUT2D eigenvalue weighted by molar-refractivity contribution is 0.118. The normalized spacial score (nSPS) is 16.9. The lowest BCUT2D eigenvalue weighted by atomic mass is 9.94. The van der Waals surface area contributed by atoms with Gasteiger partial charge in [0.2, 0.25) is 0 Å². The Morgan fingerprint density at radius 1 is 1.50 bits per heavy atom. The average Bonchev–Trinajstić information content (AvgIpc) is 3.11. The van der Waals surface area contributed by atoms with E-state index in [9.17, 15) is 4.39 Å². The SMILES string of the molecule is COC(C)c1ccc(F)c(C#N)c1C1CC1. The van der Waals surface area contributed by atoms with Crippen LogP contribution >= 0.6 is 0 Å². The Morgan fingerprint density at radius 3 is 2.69 bits per heavy atom. The Bertz CT molecular complexity index is 446. The van der Waals surface area contributed by atoms with Crippen LogP contribution in [0.3, 0.4) is 0 Å². The van der Waals surface area contributed by atoms with Crippen LogP contribution in [0.4, 0.5) is 4.39 Å². The minimum Gasteiger partial charge on any atom is -0.377 e. The van der Waals surface area contributed by atoms with E-state index < -0.39 is 5.82 Å². The molecule has 1 aromatic carbocycles. The first-order chi connectivity index (χ1) is 7.69. The second-order valence-corrected chi connectivity index (χ2v) is 4.19. The summed E-state index contributed by atoms with van der Waals surface area (Å²) in [6.45, 7) is 1.92. The van der Waals surface area contributed by atoms with Crippen molar-refractivity contribution in [3.8, 4) is 6.07 Å². The maximum Gasteiger partial charge on any atom is 0.141 e. The first-order valence-electron chi connectivity index (χ1n) is 5.44. The van der Waals surface area contributed by atoms with Crippen LogP contribution in [0.5, 0.6) is 0 Å². The van der Waals surface area contributed by atoms with E-state index in [0.717, 1.165) is 24.0 Å². The minimum absolute atomic E-state index is 0.0942. The zero-order valence-electron chi connectivity index (χ0n) is 9.46.